The molecule has 6 nitrogen and oxygen atoms in total. The highest BCUT2D eigenvalue weighted by Gasteiger charge is 2.40. The number of sulfone groups is 1. The summed E-state index contributed by atoms with van der Waals surface area (Å²) in [5, 5.41) is 3.34. The maximum atomic E-state index is 12.2. The van der Waals surface area contributed by atoms with Crippen molar-refractivity contribution in [1.29, 1.82) is 0 Å². The first-order valence-electron chi connectivity index (χ1n) is 9.19. The van der Waals surface area contributed by atoms with Crippen LogP contribution in [0, 0.1) is 5.92 Å². The van der Waals surface area contributed by atoms with Crippen molar-refractivity contribution < 1.29 is 8.42 Å². The van der Waals surface area contributed by atoms with E-state index in [0.717, 1.165) is 31.4 Å². The van der Waals surface area contributed by atoms with E-state index < -0.39 is 14.6 Å². The van der Waals surface area contributed by atoms with Crippen molar-refractivity contribution in [3.05, 3.63) is 0 Å². The number of nitrogens with one attached hydrogen (secondary N) is 1. The van der Waals surface area contributed by atoms with Gasteiger partial charge in [-0.25, -0.2) is 8.42 Å². The molecule has 0 unspecified atom stereocenters. The van der Waals surface area contributed by atoms with E-state index in [9.17, 15) is 8.42 Å². The normalized spacial score (nSPS) is 25.7. The summed E-state index contributed by atoms with van der Waals surface area (Å²) in [5.74, 6) is 1.85. The van der Waals surface area contributed by atoms with Gasteiger partial charge in [-0.3, -0.25) is 4.99 Å². The molecular formula is C17H34N4O2S. The first kappa shape index (κ1) is 19.5. The van der Waals surface area contributed by atoms with Gasteiger partial charge in [0.15, 0.2) is 15.8 Å². The van der Waals surface area contributed by atoms with Crippen molar-refractivity contribution in [2.24, 2.45) is 10.9 Å². The second-order valence-electron chi connectivity index (χ2n) is 7.77. The van der Waals surface area contributed by atoms with Crippen LogP contribution >= 0.6 is 0 Å². The molecule has 0 spiro atoms. The second kappa shape index (κ2) is 8.04. The molecule has 2 aliphatic heterocycles. The Morgan fingerprint density at radius 1 is 1.25 bits per heavy atom. The smallest absolute Gasteiger partial charge is 0.193 e. The second-order valence-corrected chi connectivity index (χ2v) is 10.5. The zero-order valence-corrected chi connectivity index (χ0v) is 16.5. The van der Waals surface area contributed by atoms with Crippen LogP contribution in [0.2, 0.25) is 0 Å². The van der Waals surface area contributed by atoms with E-state index in [4.69, 9.17) is 4.99 Å². The fourth-order valence-corrected chi connectivity index (χ4v) is 4.82. The summed E-state index contributed by atoms with van der Waals surface area (Å²) in [5.41, 5.74) is 0. The molecule has 7 heteroatoms. The lowest BCUT2D eigenvalue weighted by Gasteiger charge is -2.39. The molecule has 0 atom stereocenters. The van der Waals surface area contributed by atoms with Crippen molar-refractivity contribution in [1.82, 2.24) is 15.1 Å². The molecule has 2 rings (SSSR count). The number of nitrogens with zero attached hydrogens (tertiary/aromatic N) is 3. The standard InChI is InChI=1S/C17H34N4O2S/c1-5-18-16(19-9-6-15-7-10-20(4)11-8-15)21-12-13-24(22,23)17(2,3)14-21/h15H,5-14H2,1-4H3,(H,18,19). The zero-order valence-electron chi connectivity index (χ0n) is 15.7. The third-order valence-corrected chi connectivity index (χ3v) is 7.85. The molecule has 0 saturated carbocycles. The van der Waals surface area contributed by atoms with Gasteiger partial charge in [-0.15, -0.1) is 0 Å². The highest BCUT2D eigenvalue weighted by atomic mass is 32.2. The maximum absolute atomic E-state index is 12.2. The molecule has 0 aromatic rings. The molecule has 140 valence electrons. The van der Waals surface area contributed by atoms with Gasteiger partial charge in [-0.2, -0.15) is 0 Å². The lowest BCUT2D eigenvalue weighted by Crippen LogP contribution is -2.57. The largest absolute Gasteiger partial charge is 0.357 e. The number of guanidine groups is 1. The van der Waals surface area contributed by atoms with Crippen LogP contribution in [-0.2, 0) is 9.84 Å². The predicted octanol–water partition coefficient (Wildman–Crippen LogP) is 1.19. The molecule has 24 heavy (non-hydrogen) atoms. The molecule has 2 saturated heterocycles. The van der Waals surface area contributed by atoms with Gasteiger partial charge in [0.05, 0.1) is 10.5 Å². The summed E-state index contributed by atoms with van der Waals surface area (Å²) in [6.07, 6.45) is 3.65. The average Bonchev–Trinajstić information content (AvgIpc) is 2.51. The molecule has 2 fully saturated rings. The van der Waals surface area contributed by atoms with Crippen LogP contribution in [0.5, 0.6) is 0 Å². The Balaban J connectivity index is 1.93. The molecule has 2 aliphatic rings. The molecule has 0 amide bonds. The van der Waals surface area contributed by atoms with Crippen LogP contribution in [0.25, 0.3) is 0 Å². The number of hydrogen-bond donors (Lipinski definition) is 1. The topological polar surface area (TPSA) is 65.0 Å². The van der Waals surface area contributed by atoms with E-state index in [1.54, 1.807) is 0 Å². The predicted molar refractivity (Wildman–Crippen MR) is 100 cm³/mol. The van der Waals surface area contributed by atoms with Crippen molar-refractivity contribution in [2.45, 2.75) is 44.8 Å². The fourth-order valence-electron chi connectivity index (χ4n) is 3.45. The van der Waals surface area contributed by atoms with Gasteiger partial charge < -0.3 is 15.1 Å². The minimum absolute atomic E-state index is 0.208. The molecule has 0 aliphatic carbocycles. The van der Waals surface area contributed by atoms with Gasteiger partial charge in [-0.05, 0) is 66.1 Å². The monoisotopic (exact) mass is 358 g/mol. The van der Waals surface area contributed by atoms with Gasteiger partial charge in [-0.1, -0.05) is 0 Å². The van der Waals surface area contributed by atoms with Crippen LogP contribution < -0.4 is 5.32 Å². The first-order chi connectivity index (χ1) is 11.2. The summed E-state index contributed by atoms with van der Waals surface area (Å²) >= 11 is 0. The summed E-state index contributed by atoms with van der Waals surface area (Å²) in [7, 11) is -0.830. The maximum Gasteiger partial charge on any atom is 0.193 e. The highest BCUT2D eigenvalue weighted by molar-refractivity contribution is 7.92. The number of rotatable bonds is 4. The minimum Gasteiger partial charge on any atom is -0.357 e. The van der Waals surface area contributed by atoms with Gasteiger partial charge in [0.25, 0.3) is 0 Å². The number of likely N-dealkylation sites (tertiary alicyclic amines) is 1. The highest BCUT2D eigenvalue weighted by Crippen LogP contribution is 2.24. The third kappa shape index (κ3) is 4.85. The zero-order chi connectivity index (χ0) is 17.8. The van der Waals surface area contributed by atoms with E-state index in [0.29, 0.717) is 13.1 Å². The van der Waals surface area contributed by atoms with Crippen LogP contribution in [0.15, 0.2) is 4.99 Å². The Hall–Kier alpha value is -0.820. The summed E-state index contributed by atoms with van der Waals surface area (Å²) in [6.45, 7) is 10.7. The quantitative estimate of drug-likeness (QED) is 0.604. The van der Waals surface area contributed by atoms with E-state index in [2.05, 4.69) is 29.1 Å². The van der Waals surface area contributed by atoms with Crippen molar-refractivity contribution in [2.75, 3.05) is 52.1 Å². The average molecular weight is 359 g/mol. The van der Waals surface area contributed by atoms with Crippen molar-refractivity contribution in [3.8, 4) is 0 Å². The lowest BCUT2D eigenvalue weighted by atomic mass is 9.94. The van der Waals surface area contributed by atoms with Crippen LogP contribution in [-0.4, -0.2) is 81.0 Å². The minimum atomic E-state index is -3.01. The van der Waals surface area contributed by atoms with E-state index in [-0.39, 0.29) is 5.75 Å². The van der Waals surface area contributed by atoms with Crippen LogP contribution in [0.3, 0.4) is 0 Å². The summed E-state index contributed by atoms with van der Waals surface area (Å²) < 4.78 is 23.7. The Morgan fingerprint density at radius 3 is 2.50 bits per heavy atom. The van der Waals surface area contributed by atoms with Crippen molar-refractivity contribution >= 4 is 15.8 Å². The molecule has 1 N–H and O–H groups in total. The molecule has 0 aromatic heterocycles. The van der Waals surface area contributed by atoms with E-state index in [1.165, 1.54) is 25.9 Å². The molecule has 0 aromatic carbocycles. The first-order valence-corrected chi connectivity index (χ1v) is 10.8. The molecule has 0 bridgehead atoms. The lowest BCUT2D eigenvalue weighted by molar-refractivity contribution is 0.214. The van der Waals surface area contributed by atoms with Gasteiger partial charge >= 0.3 is 0 Å². The number of piperidine rings is 1. The van der Waals surface area contributed by atoms with Crippen LogP contribution in [0.1, 0.15) is 40.0 Å². The molecular weight excluding hydrogens is 324 g/mol. The summed E-state index contributed by atoms with van der Waals surface area (Å²) in [4.78, 5) is 9.29. The van der Waals surface area contributed by atoms with Gasteiger partial charge in [0.2, 0.25) is 0 Å². The van der Waals surface area contributed by atoms with E-state index >= 15 is 0 Å². The third-order valence-electron chi connectivity index (χ3n) is 5.31. The number of hydrogen-bond acceptors (Lipinski definition) is 4. The number of aliphatic imine (C=N–C) groups is 1. The fraction of sp³-hybridized carbons (Fsp3) is 0.941. The van der Waals surface area contributed by atoms with Gasteiger partial charge in [0.1, 0.15) is 0 Å². The Labute approximate surface area is 147 Å². The SMILES string of the molecule is CCNC(=NCCC1CCN(C)CC1)N1CCS(=O)(=O)C(C)(C)C1. The molecule has 2 heterocycles. The van der Waals surface area contributed by atoms with E-state index in [1.807, 2.05) is 13.8 Å². The van der Waals surface area contributed by atoms with Crippen LogP contribution in [0.4, 0.5) is 0 Å². The molecule has 0 radical (unpaired) electrons. The summed E-state index contributed by atoms with van der Waals surface area (Å²) in [6, 6.07) is 0. The van der Waals surface area contributed by atoms with Gasteiger partial charge in [0, 0.05) is 26.2 Å². The Bertz CT molecular complexity index is 537. The Morgan fingerprint density at radius 2 is 1.92 bits per heavy atom. The Kier molecular flexibility index (Phi) is 6.53. The van der Waals surface area contributed by atoms with Crippen molar-refractivity contribution in [3.63, 3.8) is 0 Å².